The number of hydrogen-bond acceptors (Lipinski definition) is 3. The van der Waals surface area contributed by atoms with Crippen molar-refractivity contribution >= 4 is 21.6 Å². The lowest BCUT2D eigenvalue weighted by atomic mass is 10.1. The predicted molar refractivity (Wildman–Crippen MR) is 83.5 cm³/mol. The zero-order valence-corrected chi connectivity index (χ0v) is 12.7. The van der Waals surface area contributed by atoms with Crippen LogP contribution in [0.1, 0.15) is 22.8 Å². The number of nitrogens with one attached hydrogen (secondary N) is 1. The topological polar surface area (TPSA) is 56.0 Å². The molecule has 2 N–H and O–H groups in total. The maximum Gasteiger partial charge on any atom is 0.0991 e. The largest absolute Gasteiger partial charge is 0.387 e. The van der Waals surface area contributed by atoms with Gasteiger partial charge in [-0.25, -0.2) is 0 Å². The second-order valence-electron chi connectivity index (χ2n) is 4.61. The molecule has 0 aliphatic carbocycles. The number of anilines is 1. The van der Waals surface area contributed by atoms with Crippen LogP contribution in [0.4, 0.5) is 5.69 Å². The van der Waals surface area contributed by atoms with Crippen molar-refractivity contribution in [2.75, 3.05) is 11.9 Å². The highest BCUT2D eigenvalue weighted by Crippen LogP contribution is 2.24. The molecule has 1 unspecified atom stereocenters. The Kier molecular flexibility index (Phi) is 4.78. The summed E-state index contributed by atoms with van der Waals surface area (Å²) >= 11 is 3.49. The van der Waals surface area contributed by atoms with E-state index in [1.165, 1.54) is 5.56 Å². The lowest BCUT2D eigenvalue weighted by Crippen LogP contribution is -2.12. The van der Waals surface area contributed by atoms with E-state index >= 15 is 0 Å². The minimum atomic E-state index is -0.615. The zero-order valence-electron chi connectivity index (χ0n) is 11.1. The number of halogens is 1. The van der Waals surface area contributed by atoms with Crippen LogP contribution in [0, 0.1) is 18.3 Å². The van der Waals surface area contributed by atoms with Gasteiger partial charge < -0.3 is 10.4 Å². The fourth-order valence-corrected chi connectivity index (χ4v) is 2.50. The van der Waals surface area contributed by atoms with Gasteiger partial charge in [-0.3, -0.25) is 0 Å². The van der Waals surface area contributed by atoms with Gasteiger partial charge in [-0.05, 0) is 58.2 Å². The Balaban J connectivity index is 2.00. The number of aliphatic hydroxyl groups excluding tert-OH is 1. The number of aliphatic hydroxyl groups is 1. The molecular weight excluding hydrogens is 316 g/mol. The average Bonchev–Trinajstić information content (AvgIpc) is 2.46. The first-order valence-electron chi connectivity index (χ1n) is 6.28. The highest BCUT2D eigenvalue weighted by Gasteiger charge is 2.08. The van der Waals surface area contributed by atoms with Gasteiger partial charge >= 0.3 is 0 Å². The molecule has 20 heavy (non-hydrogen) atoms. The lowest BCUT2D eigenvalue weighted by Gasteiger charge is -2.14. The molecule has 0 aliphatic heterocycles. The molecule has 1 atom stereocenters. The number of benzene rings is 2. The fraction of sp³-hybridized carbons (Fsp3) is 0.188. The standard InChI is InChI=1S/C16H15BrN2O/c1-11-2-7-15(14(17)8-11)19-10-16(20)13-5-3-12(9-18)4-6-13/h2-8,16,19-20H,10H2,1H3. The smallest absolute Gasteiger partial charge is 0.0991 e. The van der Waals surface area contributed by atoms with Gasteiger partial charge in [0.1, 0.15) is 0 Å². The normalized spacial score (nSPS) is 11.7. The Morgan fingerprint density at radius 2 is 1.95 bits per heavy atom. The van der Waals surface area contributed by atoms with Crippen molar-refractivity contribution in [1.29, 1.82) is 5.26 Å². The van der Waals surface area contributed by atoms with Crippen molar-refractivity contribution in [1.82, 2.24) is 0 Å². The molecule has 0 bridgehead atoms. The summed E-state index contributed by atoms with van der Waals surface area (Å²) in [6.07, 6.45) is -0.615. The molecule has 0 fully saturated rings. The summed E-state index contributed by atoms with van der Waals surface area (Å²) in [5.74, 6) is 0. The van der Waals surface area contributed by atoms with Crippen LogP contribution in [-0.4, -0.2) is 11.7 Å². The monoisotopic (exact) mass is 330 g/mol. The summed E-state index contributed by atoms with van der Waals surface area (Å²) in [5, 5.41) is 22.1. The third-order valence-corrected chi connectivity index (χ3v) is 3.69. The fourth-order valence-electron chi connectivity index (χ4n) is 1.87. The molecule has 2 aromatic rings. The van der Waals surface area contributed by atoms with Gasteiger partial charge in [0.25, 0.3) is 0 Å². The molecule has 0 saturated carbocycles. The molecule has 0 heterocycles. The summed E-state index contributed by atoms with van der Waals surface area (Å²) in [7, 11) is 0. The second kappa shape index (κ2) is 6.56. The Morgan fingerprint density at radius 3 is 2.55 bits per heavy atom. The molecular formula is C16H15BrN2O. The zero-order chi connectivity index (χ0) is 14.5. The van der Waals surface area contributed by atoms with Crippen molar-refractivity contribution in [2.24, 2.45) is 0 Å². The number of hydrogen-bond donors (Lipinski definition) is 2. The van der Waals surface area contributed by atoms with Crippen LogP contribution in [0.2, 0.25) is 0 Å². The highest BCUT2D eigenvalue weighted by molar-refractivity contribution is 9.10. The Morgan fingerprint density at radius 1 is 1.25 bits per heavy atom. The predicted octanol–water partition coefficient (Wildman–Crippen LogP) is 3.77. The molecule has 0 amide bonds. The Hall–Kier alpha value is -1.83. The summed E-state index contributed by atoms with van der Waals surface area (Å²) in [6.45, 7) is 2.44. The van der Waals surface area contributed by atoms with Gasteiger partial charge in [-0.15, -0.1) is 0 Å². The third kappa shape index (κ3) is 3.60. The van der Waals surface area contributed by atoms with E-state index in [0.717, 1.165) is 15.7 Å². The van der Waals surface area contributed by atoms with E-state index in [0.29, 0.717) is 12.1 Å². The van der Waals surface area contributed by atoms with E-state index in [9.17, 15) is 5.11 Å². The third-order valence-electron chi connectivity index (χ3n) is 3.04. The number of nitriles is 1. The molecule has 0 saturated heterocycles. The van der Waals surface area contributed by atoms with E-state index in [1.54, 1.807) is 24.3 Å². The van der Waals surface area contributed by atoms with Gasteiger partial charge in [0.05, 0.1) is 17.7 Å². The number of aryl methyl sites for hydroxylation is 1. The maximum absolute atomic E-state index is 10.1. The van der Waals surface area contributed by atoms with Crippen molar-refractivity contribution in [3.8, 4) is 6.07 Å². The van der Waals surface area contributed by atoms with Crippen molar-refractivity contribution in [3.63, 3.8) is 0 Å². The summed E-state index contributed by atoms with van der Waals surface area (Å²) in [6, 6.07) is 15.0. The first-order valence-corrected chi connectivity index (χ1v) is 7.07. The van der Waals surface area contributed by atoms with Crippen molar-refractivity contribution < 1.29 is 5.11 Å². The minimum Gasteiger partial charge on any atom is -0.387 e. The molecule has 0 radical (unpaired) electrons. The summed E-state index contributed by atoms with van der Waals surface area (Å²) in [5.41, 5.74) is 3.51. The first-order chi connectivity index (χ1) is 9.60. The van der Waals surface area contributed by atoms with Crippen LogP contribution < -0.4 is 5.32 Å². The molecule has 2 rings (SSSR count). The van der Waals surface area contributed by atoms with E-state index in [2.05, 4.69) is 27.3 Å². The summed E-state index contributed by atoms with van der Waals surface area (Å²) < 4.78 is 0.976. The van der Waals surface area contributed by atoms with Crippen LogP contribution >= 0.6 is 15.9 Å². The molecule has 102 valence electrons. The number of nitrogens with zero attached hydrogens (tertiary/aromatic N) is 1. The molecule has 4 heteroatoms. The van der Waals surface area contributed by atoms with Crippen LogP contribution in [0.25, 0.3) is 0 Å². The first kappa shape index (κ1) is 14.6. The Bertz CT molecular complexity index is 632. The van der Waals surface area contributed by atoms with E-state index in [-0.39, 0.29) is 0 Å². The van der Waals surface area contributed by atoms with Gasteiger partial charge in [0.15, 0.2) is 0 Å². The average molecular weight is 331 g/mol. The molecule has 3 nitrogen and oxygen atoms in total. The minimum absolute atomic E-state index is 0.410. The lowest BCUT2D eigenvalue weighted by molar-refractivity contribution is 0.191. The molecule has 0 aromatic heterocycles. The molecule has 0 spiro atoms. The van der Waals surface area contributed by atoms with Gasteiger partial charge in [-0.1, -0.05) is 18.2 Å². The second-order valence-corrected chi connectivity index (χ2v) is 5.47. The highest BCUT2D eigenvalue weighted by atomic mass is 79.9. The van der Waals surface area contributed by atoms with E-state index in [4.69, 9.17) is 5.26 Å². The van der Waals surface area contributed by atoms with Gasteiger partial charge in [0.2, 0.25) is 0 Å². The Labute approximate surface area is 127 Å². The van der Waals surface area contributed by atoms with Crippen LogP contribution in [0.15, 0.2) is 46.9 Å². The molecule has 2 aromatic carbocycles. The van der Waals surface area contributed by atoms with E-state index in [1.807, 2.05) is 25.1 Å². The van der Waals surface area contributed by atoms with Crippen molar-refractivity contribution in [2.45, 2.75) is 13.0 Å². The van der Waals surface area contributed by atoms with Crippen LogP contribution in [0.3, 0.4) is 0 Å². The quantitative estimate of drug-likeness (QED) is 0.897. The number of rotatable bonds is 4. The van der Waals surface area contributed by atoms with Gasteiger partial charge in [0, 0.05) is 16.7 Å². The van der Waals surface area contributed by atoms with Crippen LogP contribution in [-0.2, 0) is 0 Å². The van der Waals surface area contributed by atoms with E-state index < -0.39 is 6.10 Å². The van der Waals surface area contributed by atoms with Crippen LogP contribution in [0.5, 0.6) is 0 Å². The van der Waals surface area contributed by atoms with Crippen molar-refractivity contribution in [3.05, 3.63) is 63.6 Å². The molecule has 0 aliphatic rings. The summed E-state index contributed by atoms with van der Waals surface area (Å²) in [4.78, 5) is 0. The maximum atomic E-state index is 10.1. The SMILES string of the molecule is Cc1ccc(NCC(O)c2ccc(C#N)cc2)c(Br)c1. The van der Waals surface area contributed by atoms with Gasteiger partial charge in [-0.2, -0.15) is 5.26 Å².